The van der Waals surface area contributed by atoms with Crippen molar-refractivity contribution in [2.24, 2.45) is 0 Å². The first-order valence-corrected chi connectivity index (χ1v) is 9.37. The molecule has 0 saturated carbocycles. The number of sulfonamides is 1. The van der Waals surface area contributed by atoms with E-state index in [9.17, 15) is 13.2 Å². The van der Waals surface area contributed by atoms with Crippen molar-refractivity contribution in [1.29, 1.82) is 0 Å². The summed E-state index contributed by atoms with van der Waals surface area (Å²) in [5.41, 5.74) is 0.979. The summed E-state index contributed by atoms with van der Waals surface area (Å²) in [6.07, 6.45) is 0.695. The van der Waals surface area contributed by atoms with Gasteiger partial charge < -0.3 is 5.32 Å². The van der Waals surface area contributed by atoms with Crippen molar-refractivity contribution in [2.45, 2.75) is 31.2 Å². The van der Waals surface area contributed by atoms with Crippen LogP contribution in [-0.4, -0.2) is 20.4 Å². The Hall–Kier alpha value is -1.89. The molecule has 2 N–H and O–H groups in total. The zero-order chi connectivity index (χ0) is 17.7. The Morgan fingerprint density at radius 2 is 1.67 bits per heavy atom. The number of benzene rings is 2. The molecule has 0 saturated heterocycles. The number of rotatable bonds is 6. The number of hydrogen-bond donors (Lipinski definition) is 2. The number of hydrogen-bond acceptors (Lipinski definition) is 3. The molecule has 0 radical (unpaired) electrons. The van der Waals surface area contributed by atoms with Gasteiger partial charge in [0.15, 0.2) is 0 Å². The second-order valence-electron chi connectivity index (χ2n) is 5.42. The van der Waals surface area contributed by atoms with E-state index in [0.29, 0.717) is 22.7 Å². The van der Waals surface area contributed by atoms with Gasteiger partial charge in [0, 0.05) is 22.3 Å². The molecule has 0 aliphatic rings. The molecule has 5 nitrogen and oxygen atoms in total. The van der Waals surface area contributed by atoms with E-state index in [1.165, 1.54) is 24.3 Å². The largest absolute Gasteiger partial charge is 0.322 e. The third kappa shape index (κ3) is 4.80. The molecule has 0 spiro atoms. The van der Waals surface area contributed by atoms with Gasteiger partial charge in [-0.2, -0.15) is 0 Å². The first-order chi connectivity index (χ1) is 11.3. The van der Waals surface area contributed by atoms with Crippen molar-refractivity contribution in [2.75, 3.05) is 5.32 Å². The average Bonchev–Trinajstić information content (AvgIpc) is 2.56. The van der Waals surface area contributed by atoms with Gasteiger partial charge in [-0.1, -0.05) is 18.5 Å². The molecule has 0 bridgehead atoms. The van der Waals surface area contributed by atoms with E-state index in [2.05, 4.69) is 10.0 Å². The quantitative estimate of drug-likeness (QED) is 0.819. The van der Waals surface area contributed by atoms with Gasteiger partial charge in [-0.05, 0) is 61.9 Å². The summed E-state index contributed by atoms with van der Waals surface area (Å²) in [4.78, 5) is 12.3. The Bertz CT molecular complexity index is 803. The maximum Gasteiger partial charge on any atom is 0.255 e. The highest BCUT2D eigenvalue weighted by Crippen LogP contribution is 2.16. The Balaban J connectivity index is 2.11. The fourth-order valence-electron chi connectivity index (χ4n) is 1.94. The monoisotopic (exact) mass is 366 g/mol. The van der Waals surface area contributed by atoms with E-state index in [0.717, 1.165) is 0 Å². The minimum atomic E-state index is -3.57. The van der Waals surface area contributed by atoms with Crippen molar-refractivity contribution in [1.82, 2.24) is 4.72 Å². The first kappa shape index (κ1) is 18.4. The Morgan fingerprint density at radius 3 is 2.21 bits per heavy atom. The predicted molar refractivity (Wildman–Crippen MR) is 95.9 cm³/mol. The molecule has 0 unspecified atom stereocenters. The van der Waals surface area contributed by atoms with E-state index in [-0.39, 0.29) is 16.8 Å². The Labute approximate surface area is 147 Å². The first-order valence-electron chi connectivity index (χ1n) is 7.51. The number of anilines is 1. The summed E-state index contributed by atoms with van der Waals surface area (Å²) in [5, 5.41) is 3.30. The molecule has 1 amide bonds. The van der Waals surface area contributed by atoms with Crippen LogP contribution in [0.15, 0.2) is 53.4 Å². The fourth-order valence-corrected chi connectivity index (χ4v) is 3.39. The van der Waals surface area contributed by atoms with Crippen LogP contribution in [0.1, 0.15) is 30.6 Å². The molecule has 0 heterocycles. The Kier molecular flexibility index (Phi) is 5.99. The van der Waals surface area contributed by atoms with Crippen LogP contribution in [0.25, 0.3) is 0 Å². The third-order valence-electron chi connectivity index (χ3n) is 3.50. The smallest absolute Gasteiger partial charge is 0.255 e. The third-order valence-corrected chi connectivity index (χ3v) is 5.36. The van der Waals surface area contributed by atoms with Gasteiger partial charge in [0.1, 0.15) is 0 Å². The van der Waals surface area contributed by atoms with Gasteiger partial charge in [-0.15, -0.1) is 0 Å². The second-order valence-corrected chi connectivity index (χ2v) is 7.57. The average molecular weight is 367 g/mol. The highest BCUT2D eigenvalue weighted by molar-refractivity contribution is 7.89. The molecule has 0 aliphatic carbocycles. The molecule has 128 valence electrons. The molecule has 0 aliphatic heterocycles. The number of amides is 1. The SMILES string of the molecule is CC[C@@H](C)NS(=O)(=O)c1ccc(C(=O)Nc2ccc(Cl)cc2)cc1. The van der Waals surface area contributed by atoms with Crippen LogP contribution in [0.4, 0.5) is 5.69 Å². The summed E-state index contributed by atoms with van der Waals surface area (Å²) in [6.45, 7) is 3.70. The van der Waals surface area contributed by atoms with E-state index >= 15 is 0 Å². The summed E-state index contributed by atoms with van der Waals surface area (Å²) in [6, 6.07) is 12.4. The van der Waals surface area contributed by atoms with Crippen molar-refractivity contribution < 1.29 is 13.2 Å². The van der Waals surface area contributed by atoms with Gasteiger partial charge >= 0.3 is 0 Å². The zero-order valence-electron chi connectivity index (χ0n) is 13.4. The van der Waals surface area contributed by atoms with E-state index < -0.39 is 10.0 Å². The van der Waals surface area contributed by atoms with Gasteiger partial charge in [0.05, 0.1) is 4.90 Å². The number of halogens is 1. The second kappa shape index (κ2) is 7.79. The molecule has 2 aromatic carbocycles. The minimum Gasteiger partial charge on any atom is -0.322 e. The molecular formula is C17H19ClN2O3S. The lowest BCUT2D eigenvalue weighted by atomic mass is 10.2. The highest BCUT2D eigenvalue weighted by atomic mass is 35.5. The molecule has 7 heteroatoms. The highest BCUT2D eigenvalue weighted by Gasteiger charge is 2.17. The maximum absolute atomic E-state index is 12.2. The van der Waals surface area contributed by atoms with Crippen LogP contribution < -0.4 is 10.0 Å². The Morgan fingerprint density at radius 1 is 1.08 bits per heavy atom. The number of nitrogens with one attached hydrogen (secondary N) is 2. The predicted octanol–water partition coefficient (Wildman–Crippen LogP) is 3.67. The van der Waals surface area contributed by atoms with Gasteiger partial charge in [-0.25, -0.2) is 13.1 Å². The van der Waals surface area contributed by atoms with Gasteiger partial charge in [-0.3, -0.25) is 4.79 Å². The van der Waals surface area contributed by atoms with Crippen LogP contribution in [0.5, 0.6) is 0 Å². The van der Waals surface area contributed by atoms with E-state index in [4.69, 9.17) is 11.6 Å². The lowest BCUT2D eigenvalue weighted by Crippen LogP contribution is -2.32. The van der Waals surface area contributed by atoms with Crippen molar-refractivity contribution in [3.63, 3.8) is 0 Å². The fraction of sp³-hybridized carbons (Fsp3) is 0.235. The van der Waals surface area contributed by atoms with E-state index in [1.54, 1.807) is 31.2 Å². The van der Waals surface area contributed by atoms with Crippen LogP contribution in [0.3, 0.4) is 0 Å². The number of carbonyl (C=O) groups excluding carboxylic acids is 1. The molecule has 2 rings (SSSR count). The molecule has 0 fully saturated rings. The molecule has 24 heavy (non-hydrogen) atoms. The van der Waals surface area contributed by atoms with Crippen LogP contribution in [-0.2, 0) is 10.0 Å². The van der Waals surface area contributed by atoms with Crippen molar-refractivity contribution in [3.05, 3.63) is 59.1 Å². The van der Waals surface area contributed by atoms with Crippen molar-refractivity contribution in [3.8, 4) is 0 Å². The minimum absolute atomic E-state index is 0.130. The molecule has 2 aromatic rings. The molecule has 1 atom stereocenters. The lowest BCUT2D eigenvalue weighted by molar-refractivity contribution is 0.102. The summed E-state index contributed by atoms with van der Waals surface area (Å²) in [5.74, 6) is -0.323. The summed E-state index contributed by atoms with van der Waals surface area (Å²) >= 11 is 5.80. The summed E-state index contributed by atoms with van der Waals surface area (Å²) < 4.78 is 26.9. The normalized spacial score (nSPS) is 12.6. The molecule has 0 aromatic heterocycles. The van der Waals surface area contributed by atoms with Crippen LogP contribution >= 0.6 is 11.6 Å². The summed E-state index contributed by atoms with van der Waals surface area (Å²) in [7, 11) is -3.57. The van der Waals surface area contributed by atoms with Crippen molar-refractivity contribution >= 4 is 33.2 Å². The lowest BCUT2D eigenvalue weighted by Gasteiger charge is -2.12. The van der Waals surface area contributed by atoms with Crippen LogP contribution in [0, 0.1) is 0 Å². The maximum atomic E-state index is 12.2. The van der Waals surface area contributed by atoms with Gasteiger partial charge in [0.25, 0.3) is 5.91 Å². The van der Waals surface area contributed by atoms with Gasteiger partial charge in [0.2, 0.25) is 10.0 Å². The number of carbonyl (C=O) groups is 1. The topological polar surface area (TPSA) is 75.3 Å². The zero-order valence-corrected chi connectivity index (χ0v) is 15.0. The standard InChI is InChI=1S/C17H19ClN2O3S/c1-3-12(2)20-24(22,23)16-10-4-13(5-11-16)17(21)19-15-8-6-14(18)7-9-15/h4-12,20H,3H2,1-2H3,(H,19,21)/t12-/m1/s1. The van der Waals surface area contributed by atoms with Crippen LogP contribution in [0.2, 0.25) is 5.02 Å². The van der Waals surface area contributed by atoms with E-state index in [1.807, 2.05) is 6.92 Å². The molecular weight excluding hydrogens is 348 g/mol.